The Morgan fingerprint density at radius 3 is 2.62 bits per heavy atom. The standard InChI is InChI=1S/C27H28N2O5/c1-18-9-10-19(2)25(15-18)33-17-26(30)28-21-11-12-24-23(16-21)29(27(31)20(3)34-24)13-14-32-22-7-5-4-6-8-22/h4-12,15-16,20H,13-14,17H2,1-3H3,(H,28,30). The van der Waals surface area contributed by atoms with Crippen LogP contribution in [0.1, 0.15) is 18.1 Å². The fourth-order valence-corrected chi connectivity index (χ4v) is 3.69. The van der Waals surface area contributed by atoms with Gasteiger partial charge in [-0.1, -0.05) is 30.3 Å². The van der Waals surface area contributed by atoms with E-state index in [0.717, 1.165) is 16.9 Å². The van der Waals surface area contributed by atoms with Crippen LogP contribution in [-0.2, 0) is 9.59 Å². The lowest BCUT2D eigenvalue weighted by Crippen LogP contribution is -2.46. The van der Waals surface area contributed by atoms with Crippen LogP contribution in [0.15, 0.2) is 66.7 Å². The van der Waals surface area contributed by atoms with E-state index in [-0.39, 0.29) is 18.4 Å². The molecule has 0 bridgehead atoms. The molecule has 0 aliphatic carbocycles. The zero-order chi connectivity index (χ0) is 24.1. The van der Waals surface area contributed by atoms with E-state index in [4.69, 9.17) is 14.2 Å². The van der Waals surface area contributed by atoms with Crippen molar-refractivity contribution >= 4 is 23.2 Å². The molecule has 3 aromatic rings. The van der Waals surface area contributed by atoms with Crippen molar-refractivity contribution in [1.29, 1.82) is 0 Å². The van der Waals surface area contributed by atoms with Gasteiger partial charge in [0.05, 0.1) is 12.2 Å². The highest BCUT2D eigenvalue weighted by Gasteiger charge is 2.31. The number of carbonyl (C=O) groups is 2. The average Bonchev–Trinajstić information content (AvgIpc) is 2.83. The second kappa shape index (κ2) is 10.3. The van der Waals surface area contributed by atoms with Gasteiger partial charge in [0.15, 0.2) is 12.7 Å². The molecule has 7 heteroatoms. The first kappa shape index (κ1) is 23.2. The lowest BCUT2D eigenvalue weighted by molar-refractivity contribution is -0.125. The Bertz CT molecular complexity index is 1180. The molecule has 7 nitrogen and oxygen atoms in total. The Kier molecular flexibility index (Phi) is 7.01. The van der Waals surface area contributed by atoms with Crippen LogP contribution in [0.5, 0.6) is 17.2 Å². The van der Waals surface area contributed by atoms with Crippen molar-refractivity contribution in [3.63, 3.8) is 0 Å². The Morgan fingerprint density at radius 1 is 1.03 bits per heavy atom. The predicted molar refractivity (Wildman–Crippen MR) is 131 cm³/mol. The molecule has 176 valence electrons. The van der Waals surface area contributed by atoms with Gasteiger partial charge in [0.2, 0.25) is 0 Å². The minimum atomic E-state index is -0.601. The van der Waals surface area contributed by atoms with Crippen molar-refractivity contribution in [1.82, 2.24) is 0 Å². The molecule has 0 fully saturated rings. The number of anilines is 2. The molecule has 1 aliphatic rings. The fraction of sp³-hybridized carbons (Fsp3) is 0.259. The topological polar surface area (TPSA) is 77.1 Å². The van der Waals surface area contributed by atoms with E-state index in [1.54, 1.807) is 30.0 Å². The Labute approximate surface area is 199 Å². The van der Waals surface area contributed by atoms with Gasteiger partial charge in [-0.05, 0) is 68.3 Å². The summed E-state index contributed by atoms with van der Waals surface area (Å²) >= 11 is 0. The number of para-hydroxylation sites is 1. The maximum absolute atomic E-state index is 12.8. The van der Waals surface area contributed by atoms with Crippen LogP contribution in [-0.4, -0.2) is 37.7 Å². The van der Waals surface area contributed by atoms with E-state index in [0.29, 0.717) is 36.0 Å². The monoisotopic (exact) mass is 460 g/mol. The van der Waals surface area contributed by atoms with Crippen LogP contribution >= 0.6 is 0 Å². The molecule has 0 saturated carbocycles. The summed E-state index contributed by atoms with van der Waals surface area (Å²) in [7, 11) is 0. The number of amides is 2. The molecular formula is C27H28N2O5. The van der Waals surface area contributed by atoms with Crippen molar-refractivity contribution in [2.75, 3.05) is 30.0 Å². The van der Waals surface area contributed by atoms with E-state index >= 15 is 0 Å². The third kappa shape index (κ3) is 5.49. The normalized spacial score (nSPS) is 14.7. The summed E-state index contributed by atoms with van der Waals surface area (Å²) in [6.45, 7) is 6.17. The molecule has 1 unspecified atom stereocenters. The van der Waals surface area contributed by atoms with E-state index in [9.17, 15) is 9.59 Å². The lowest BCUT2D eigenvalue weighted by Gasteiger charge is -2.33. The van der Waals surface area contributed by atoms with Gasteiger partial charge in [-0.25, -0.2) is 0 Å². The number of aryl methyl sites for hydroxylation is 2. The number of ether oxygens (including phenoxy) is 3. The molecular weight excluding hydrogens is 432 g/mol. The van der Waals surface area contributed by atoms with Crippen molar-refractivity contribution < 1.29 is 23.8 Å². The fourth-order valence-electron chi connectivity index (χ4n) is 3.69. The third-order valence-electron chi connectivity index (χ3n) is 5.48. The van der Waals surface area contributed by atoms with Gasteiger partial charge in [0, 0.05) is 5.69 Å². The molecule has 0 saturated heterocycles. The highest BCUT2D eigenvalue weighted by molar-refractivity contribution is 6.01. The van der Waals surface area contributed by atoms with Crippen molar-refractivity contribution in [3.05, 3.63) is 77.9 Å². The summed E-state index contributed by atoms with van der Waals surface area (Å²) in [6, 6.07) is 20.5. The number of carbonyl (C=O) groups excluding carboxylic acids is 2. The summed E-state index contributed by atoms with van der Waals surface area (Å²) in [6.07, 6.45) is -0.601. The maximum atomic E-state index is 12.8. The molecule has 2 amide bonds. The Balaban J connectivity index is 1.42. The van der Waals surface area contributed by atoms with Crippen LogP contribution < -0.4 is 24.4 Å². The highest BCUT2D eigenvalue weighted by atomic mass is 16.5. The van der Waals surface area contributed by atoms with Gasteiger partial charge in [0.1, 0.15) is 23.9 Å². The molecule has 1 heterocycles. The van der Waals surface area contributed by atoms with Crippen molar-refractivity contribution in [2.24, 2.45) is 0 Å². The number of hydrogen-bond donors (Lipinski definition) is 1. The maximum Gasteiger partial charge on any atom is 0.267 e. The molecule has 0 spiro atoms. The second-order valence-electron chi connectivity index (χ2n) is 8.20. The van der Waals surface area contributed by atoms with Crippen LogP contribution in [0, 0.1) is 13.8 Å². The van der Waals surface area contributed by atoms with Crippen LogP contribution in [0.3, 0.4) is 0 Å². The van der Waals surface area contributed by atoms with Gasteiger partial charge in [-0.15, -0.1) is 0 Å². The molecule has 1 atom stereocenters. The van der Waals surface area contributed by atoms with Crippen LogP contribution in [0.4, 0.5) is 11.4 Å². The number of nitrogens with zero attached hydrogens (tertiary/aromatic N) is 1. The molecule has 0 radical (unpaired) electrons. The molecule has 3 aromatic carbocycles. The Morgan fingerprint density at radius 2 is 1.82 bits per heavy atom. The quantitative estimate of drug-likeness (QED) is 0.535. The zero-order valence-corrected chi connectivity index (χ0v) is 19.5. The molecule has 0 aromatic heterocycles. The SMILES string of the molecule is Cc1ccc(C)c(OCC(=O)Nc2ccc3c(c2)N(CCOc2ccccc2)C(=O)C(C)O3)c1. The molecule has 4 rings (SSSR count). The largest absolute Gasteiger partial charge is 0.492 e. The first-order valence-electron chi connectivity index (χ1n) is 11.2. The molecule has 1 N–H and O–H groups in total. The smallest absolute Gasteiger partial charge is 0.267 e. The number of nitrogens with one attached hydrogen (secondary N) is 1. The van der Waals surface area contributed by atoms with Crippen molar-refractivity contribution in [2.45, 2.75) is 26.9 Å². The van der Waals surface area contributed by atoms with Gasteiger partial charge in [-0.2, -0.15) is 0 Å². The lowest BCUT2D eigenvalue weighted by atomic mass is 10.1. The number of benzene rings is 3. The average molecular weight is 461 g/mol. The summed E-state index contributed by atoms with van der Waals surface area (Å²) < 4.78 is 17.2. The predicted octanol–water partition coefficient (Wildman–Crippen LogP) is 4.51. The van der Waals surface area contributed by atoms with Gasteiger partial charge < -0.3 is 24.4 Å². The minimum absolute atomic E-state index is 0.123. The van der Waals surface area contributed by atoms with E-state index in [1.165, 1.54) is 0 Å². The third-order valence-corrected chi connectivity index (χ3v) is 5.48. The van der Waals surface area contributed by atoms with Crippen LogP contribution in [0.25, 0.3) is 0 Å². The number of hydrogen-bond acceptors (Lipinski definition) is 5. The first-order valence-corrected chi connectivity index (χ1v) is 11.2. The second-order valence-corrected chi connectivity index (χ2v) is 8.20. The van der Waals surface area contributed by atoms with E-state index < -0.39 is 6.10 Å². The zero-order valence-electron chi connectivity index (χ0n) is 19.5. The highest BCUT2D eigenvalue weighted by Crippen LogP contribution is 2.36. The van der Waals surface area contributed by atoms with E-state index in [2.05, 4.69) is 5.32 Å². The summed E-state index contributed by atoms with van der Waals surface area (Å²) in [5.41, 5.74) is 3.16. The molecule has 34 heavy (non-hydrogen) atoms. The van der Waals surface area contributed by atoms with Crippen molar-refractivity contribution in [3.8, 4) is 17.2 Å². The van der Waals surface area contributed by atoms with Gasteiger partial charge in [-0.3, -0.25) is 9.59 Å². The Hall–Kier alpha value is -4.00. The van der Waals surface area contributed by atoms with E-state index in [1.807, 2.05) is 62.4 Å². The summed E-state index contributed by atoms with van der Waals surface area (Å²) in [5.74, 6) is 1.54. The molecule has 1 aliphatic heterocycles. The first-order chi connectivity index (χ1) is 16.4. The summed E-state index contributed by atoms with van der Waals surface area (Å²) in [5, 5.41) is 2.84. The number of rotatable bonds is 8. The van der Waals surface area contributed by atoms with Gasteiger partial charge in [0.25, 0.3) is 11.8 Å². The van der Waals surface area contributed by atoms with Gasteiger partial charge >= 0.3 is 0 Å². The van der Waals surface area contributed by atoms with Crippen LogP contribution in [0.2, 0.25) is 0 Å². The number of fused-ring (bicyclic) bond motifs is 1. The minimum Gasteiger partial charge on any atom is -0.492 e. The summed E-state index contributed by atoms with van der Waals surface area (Å²) in [4.78, 5) is 27.0.